The maximum Gasteiger partial charge on any atom is 0.152 e. The van der Waals surface area contributed by atoms with Gasteiger partial charge in [0.2, 0.25) is 0 Å². The second-order valence-electron chi connectivity index (χ2n) is 3.30. The molecule has 15 heavy (non-hydrogen) atoms. The molecule has 0 amide bonds. The summed E-state index contributed by atoms with van der Waals surface area (Å²) in [7, 11) is 0. The minimum Gasteiger partial charge on any atom is -0.298 e. The van der Waals surface area contributed by atoms with Crippen LogP contribution in [0.25, 0.3) is 11.3 Å². The third kappa shape index (κ3) is 1.91. The Morgan fingerprint density at radius 2 is 2.00 bits per heavy atom. The molecule has 0 fully saturated rings. The van der Waals surface area contributed by atoms with E-state index in [2.05, 4.69) is 9.97 Å². The molecule has 0 saturated carbocycles. The molecule has 0 aliphatic rings. The minimum atomic E-state index is 0.612. The van der Waals surface area contributed by atoms with Crippen LogP contribution in [-0.2, 0) is 0 Å². The van der Waals surface area contributed by atoms with Crippen molar-refractivity contribution in [2.45, 2.75) is 6.92 Å². The van der Waals surface area contributed by atoms with Gasteiger partial charge in [-0.05, 0) is 30.7 Å². The zero-order valence-electron chi connectivity index (χ0n) is 8.34. The average Bonchev–Trinajstić information content (AvgIpc) is 2.30. The average molecular weight is 198 g/mol. The van der Waals surface area contributed by atoms with Crippen molar-refractivity contribution in [1.29, 1.82) is 0 Å². The SMILES string of the molecule is Cc1cnc(-c2ccncc2)c(C=O)c1. The highest BCUT2D eigenvalue weighted by Crippen LogP contribution is 2.19. The number of aromatic nitrogens is 2. The maximum atomic E-state index is 10.9. The van der Waals surface area contributed by atoms with Crippen LogP contribution in [0.1, 0.15) is 15.9 Å². The van der Waals surface area contributed by atoms with Gasteiger partial charge in [-0.25, -0.2) is 0 Å². The van der Waals surface area contributed by atoms with Crippen molar-refractivity contribution in [2.24, 2.45) is 0 Å². The number of aldehydes is 1. The summed E-state index contributed by atoms with van der Waals surface area (Å²) in [5, 5.41) is 0. The Morgan fingerprint density at radius 3 is 2.67 bits per heavy atom. The Morgan fingerprint density at radius 1 is 1.27 bits per heavy atom. The lowest BCUT2D eigenvalue weighted by atomic mass is 10.1. The molecule has 3 heteroatoms. The summed E-state index contributed by atoms with van der Waals surface area (Å²) in [6, 6.07) is 5.51. The molecular weight excluding hydrogens is 188 g/mol. The minimum absolute atomic E-state index is 0.612. The van der Waals surface area contributed by atoms with E-state index in [4.69, 9.17) is 0 Å². The lowest BCUT2D eigenvalue weighted by molar-refractivity contribution is 0.112. The second-order valence-corrected chi connectivity index (χ2v) is 3.30. The van der Waals surface area contributed by atoms with Crippen LogP contribution in [0.2, 0.25) is 0 Å². The van der Waals surface area contributed by atoms with Crippen molar-refractivity contribution in [3.63, 3.8) is 0 Å². The highest BCUT2D eigenvalue weighted by atomic mass is 16.1. The predicted octanol–water partition coefficient (Wildman–Crippen LogP) is 2.26. The van der Waals surface area contributed by atoms with Crippen LogP contribution in [0.15, 0.2) is 36.8 Å². The summed E-state index contributed by atoms with van der Waals surface area (Å²) in [4.78, 5) is 19.1. The number of carbonyl (C=O) groups is 1. The van der Waals surface area contributed by atoms with Crippen LogP contribution in [0.4, 0.5) is 0 Å². The quantitative estimate of drug-likeness (QED) is 0.695. The van der Waals surface area contributed by atoms with E-state index in [1.807, 2.05) is 25.1 Å². The molecule has 2 rings (SSSR count). The van der Waals surface area contributed by atoms with E-state index in [0.29, 0.717) is 11.3 Å². The first kappa shape index (κ1) is 9.52. The van der Waals surface area contributed by atoms with Gasteiger partial charge in [0.05, 0.1) is 5.69 Å². The molecule has 2 aromatic rings. The molecular formula is C12H10N2O. The van der Waals surface area contributed by atoms with Crippen molar-refractivity contribution in [2.75, 3.05) is 0 Å². The van der Waals surface area contributed by atoms with Gasteiger partial charge in [-0.2, -0.15) is 0 Å². The zero-order valence-corrected chi connectivity index (χ0v) is 8.34. The van der Waals surface area contributed by atoms with Crippen LogP contribution in [-0.4, -0.2) is 16.3 Å². The number of carbonyl (C=O) groups excluding carboxylic acids is 1. The number of aryl methyl sites for hydroxylation is 1. The van der Waals surface area contributed by atoms with E-state index in [0.717, 1.165) is 17.4 Å². The third-order valence-electron chi connectivity index (χ3n) is 2.13. The summed E-state index contributed by atoms with van der Waals surface area (Å²) in [5.41, 5.74) is 3.21. The molecule has 0 atom stereocenters. The Balaban J connectivity index is 2.58. The van der Waals surface area contributed by atoms with Crippen molar-refractivity contribution in [3.05, 3.63) is 47.9 Å². The predicted molar refractivity (Wildman–Crippen MR) is 57.6 cm³/mol. The fraction of sp³-hybridized carbons (Fsp3) is 0.0833. The van der Waals surface area contributed by atoms with Crippen molar-refractivity contribution < 1.29 is 4.79 Å². The smallest absolute Gasteiger partial charge is 0.152 e. The highest BCUT2D eigenvalue weighted by Gasteiger charge is 2.05. The molecule has 74 valence electrons. The van der Waals surface area contributed by atoms with Gasteiger partial charge >= 0.3 is 0 Å². The zero-order chi connectivity index (χ0) is 10.7. The maximum absolute atomic E-state index is 10.9. The van der Waals surface area contributed by atoms with Crippen LogP contribution in [0.5, 0.6) is 0 Å². The van der Waals surface area contributed by atoms with Gasteiger partial charge in [0, 0.05) is 29.7 Å². The fourth-order valence-corrected chi connectivity index (χ4v) is 1.43. The third-order valence-corrected chi connectivity index (χ3v) is 2.13. The first-order valence-electron chi connectivity index (χ1n) is 4.63. The van der Waals surface area contributed by atoms with Crippen LogP contribution in [0.3, 0.4) is 0 Å². The molecule has 3 nitrogen and oxygen atoms in total. The van der Waals surface area contributed by atoms with Crippen molar-refractivity contribution >= 4 is 6.29 Å². The Labute approximate surface area is 87.8 Å². The van der Waals surface area contributed by atoms with Gasteiger partial charge < -0.3 is 0 Å². The Hall–Kier alpha value is -2.03. The van der Waals surface area contributed by atoms with Crippen molar-refractivity contribution in [3.8, 4) is 11.3 Å². The molecule has 0 N–H and O–H groups in total. The van der Waals surface area contributed by atoms with Crippen molar-refractivity contribution in [1.82, 2.24) is 9.97 Å². The van der Waals surface area contributed by atoms with E-state index in [9.17, 15) is 4.79 Å². The molecule has 0 saturated heterocycles. The topological polar surface area (TPSA) is 42.9 Å². The first-order valence-corrected chi connectivity index (χ1v) is 4.63. The summed E-state index contributed by atoms with van der Waals surface area (Å²) >= 11 is 0. The van der Waals surface area contributed by atoms with E-state index in [-0.39, 0.29) is 0 Å². The monoisotopic (exact) mass is 198 g/mol. The molecule has 0 aliphatic heterocycles. The van der Waals surface area contributed by atoms with Gasteiger partial charge in [0.15, 0.2) is 6.29 Å². The summed E-state index contributed by atoms with van der Waals surface area (Å²) in [6.45, 7) is 1.91. The van der Waals surface area contributed by atoms with E-state index < -0.39 is 0 Å². The number of nitrogens with zero attached hydrogens (tertiary/aromatic N) is 2. The molecule has 2 heterocycles. The normalized spacial score (nSPS) is 9.93. The van der Waals surface area contributed by atoms with E-state index in [1.165, 1.54) is 0 Å². The standard InChI is InChI=1S/C12H10N2O/c1-9-6-11(8-15)12(14-7-9)10-2-4-13-5-3-10/h2-8H,1H3. The number of pyridine rings is 2. The molecule has 0 aliphatic carbocycles. The van der Waals surface area contributed by atoms with Crippen LogP contribution < -0.4 is 0 Å². The van der Waals surface area contributed by atoms with Gasteiger partial charge in [-0.1, -0.05) is 0 Å². The number of rotatable bonds is 2. The number of hydrogen-bond acceptors (Lipinski definition) is 3. The van der Waals surface area contributed by atoms with E-state index >= 15 is 0 Å². The lowest BCUT2D eigenvalue weighted by Crippen LogP contribution is -1.92. The Kier molecular flexibility index (Phi) is 2.54. The van der Waals surface area contributed by atoms with Gasteiger partial charge in [-0.3, -0.25) is 14.8 Å². The Bertz CT molecular complexity index is 480. The summed E-state index contributed by atoms with van der Waals surface area (Å²) < 4.78 is 0. The number of hydrogen-bond donors (Lipinski definition) is 0. The molecule has 0 bridgehead atoms. The van der Waals surface area contributed by atoms with Crippen LogP contribution in [0, 0.1) is 6.92 Å². The van der Waals surface area contributed by atoms with Gasteiger partial charge in [-0.15, -0.1) is 0 Å². The largest absolute Gasteiger partial charge is 0.298 e. The van der Waals surface area contributed by atoms with Gasteiger partial charge in [0.1, 0.15) is 0 Å². The second kappa shape index (κ2) is 4.00. The first-order chi connectivity index (χ1) is 7.31. The summed E-state index contributed by atoms with van der Waals surface area (Å²) in [5.74, 6) is 0. The van der Waals surface area contributed by atoms with Crippen LogP contribution >= 0.6 is 0 Å². The molecule has 0 radical (unpaired) electrons. The van der Waals surface area contributed by atoms with E-state index in [1.54, 1.807) is 18.6 Å². The van der Waals surface area contributed by atoms with Gasteiger partial charge in [0.25, 0.3) is 0 Å². The molecule has 2 aromatic heterocycles. The molecule has 0 aromatic carbocycles. The lowest BCUT2D eigenvalue weighted by Gasteiger charge is -2.03. The highest BCUT2D eigenvalue weighted by molar-refractivity contribution is 5.85. The molecule has 0 spiro atoms. The summed E-state index contributed by atoms with van der Waals surface area (Å²) in [6.07, 6.45) is 5.95. The fourth-order valence-electron chi connectivity index (χ4n) is 1.43. The molecule has 0 unspecified atom stereocenters.